The van der Waals surface area contributed by atoms with Crippen LogP contribution in [0.3, 0.4) is 0 Å². The maximum Gasteiger partial charge on any atom is 0.333 e. The Kier molecular flexibility index (Phi) is 3.67. The number of aliphatic hydroxyl groups is 1. The van der Waals surface area contributed by atoms with Crippen LogP contribution in [0, 0.1) is 0 Å². The van der Waals surface area contributed by atoms with E-state index < -0.39 is 5.97 Å². The third kappa shape index (κ3) is 2.71. The van der Waals surface area contributed by atoms with E-state index in [0.29, 0.717) is 6.42 Å². The predicted octanol–water partition coefficient (Wildman–Crippen LogP) is 2.31. The molecule has 1 atom stereocenters. The van der Waals surface area contributed by atoms with E-state index in [1.165, 1.54) is 7.11 Å². The highest BCUT2D eigenvalue weighted by atomic mass is 16.5. The molecule has 0 spiro atoms. The number of hydrogen-bond donors (Lipinski definition) is 2. The summed E-state index contributed by atoms with van der Waals surface area (Å²) in [5, 5.41) is 12.9. The average Bonchev–Trinajstić information content (AvgIpc) is 2.39. The van der Waals surface area contributed by atoms with Gasteiger partial charge in [-0.1, -0.05) is 24.3 Å². The van der Waals surface area contributed by atoms with Crippen molar-refractivity contribution in [1.82, 2.24) is 5.32 Å². The number of fused-ring (bicyclic) bond motifs is 1. The number of ether oxygens (including phenoxy) is 1. The van der Waals surface area contributed by atoms with Gasteiger partial charge in [-0.15, -0.1) is 0 Å². The molecule has 1 aliphatic heterocycles. The Morgan fingerprint density at radius 2 is 2.28 bits per heavy atom. The van der Waals surface area contributed by atoms with Crippen molar-refractivity contribution in [3.8, 4) is 0 Å². The van der Waals surface area contributed by atoms with Gasteiger partial charge in [-0.25, -0.2) is 4.79 Å². The van der Waals surface area contributed by atoms with Gasteiger partial charge in [0.25, 0.3) is 0 Å². The van der Waals surface area contributed by atoms with Crippen molar-refractivity contribution in [2.45, 2.75) is 12.5 Å². The topological polar surface area (TPSA) is 58.6 Å². The third-order valence-corrected chi connectivity index (χ3v) is 2.83. The zero-order valence-corrected chi connectivity index (χ0v) is 10.1. The van der Waals surface area contributed by atoms with Crippen LogP contribution in [0.2, 0.25) is 0 Å². The first-order valence-corrected chi connectivity index (χ1v) is 5.69. The molecule has 2 N–H and O–H groups in total. The van der Waals surface area contributed by atoms with Crippen molar-refractivity contribution in [2.75, 3.05) is 7.11 Å². The van der Waals surface area contributed by atoms with Crippen LogP contribution in [0.15, 0.2) is 42.3 Å². The van der Waals surface area contributed by atoms with Gasteiger partial charge in [-0.05, 0) is 23.4 Å². The lowest BCUT2D eigenvalue weighted by Crippen LogP contribution is -2.20. The molecule has 18 heavy (non-hydrogen) atoms. The summed E-state index contributed by atoms with van der Waals surface area (Å²) in [7, 11) is 1.28. The van der Waals surface area contributed by atoms with E-state index in [9.17, 15) is 9.90 Å². The number of carbonyl (C=O) groups excluding carboxylic acids is 1. The molecule has 0 radical (unpaired) electrons. The summed E-state index contributed by atoms with van der Waals surface area (Å²) >= 11 is 0. The molecule has 0 bridgehead atoms. The van der Waals surface area contributed by atoms with Crippen LogP contribution in [0.25, 0.3) is 6.08 Å². The molecule has 0 amide bonds. The molecule has 0 aliphatic carbocycles. The van der Waals surface area contributed by atoms with Crippen LogP contribution < -0.4 is 5.32 Å². The Hall–Kier alpha value is -2.23. The quantitative estimate of drug-likeness (QED) is 0.487. The summed E-state index contributed by atoms with van der Waals surface area (Å²) in [6, 6.07) is 7.90. The number of carbonyl (C=O) groups is 1. The number of hydrogen-bond acceptors (Lipinski definition) is 4. The summed E-state index contributed by atoms with van der Waals surface area (Å²) in [5.41, 5.74) is 2.22. The molecule has 1 heterocycles. The molecule has 0 saturated carbocycles. The van der Waals surface area contributed by atoms with Crippen molar-refractivity contribution in [2.24, 2.45) is 0 Å². The second-order valence-corrected chi connectivity index (χ2v) is 4.04. The minimum atomic E-state index is -0.549. The summed E-state index contributed by atoms with van der Waals surface area (Å²) < 4.78 is 4.47. The van der Waals surface area contributed by atoms with Gasteiger partial charge in [0.05, 0.1) is 19.2 Å². The molecular weight excluding hydrogens is 230 g/mol. The summed E-state index contributed by atoms with van der Waals surface area (Å²) in [6.07, 6.45) is 5.27. The first-order valence-electron chi connectivity index (χ1n) is 5.69. The van der Waals surface area contributed by atoms with Gasteiger partial charge in [-0.3, -0.25) is 0 Å². The van der Waals surface area contributed by atoms with E-state index in [0.717, 1.165) is 17.2 Å². The van der Waals surface area contributed by atoms with Crippen molar-refractivity contribution in [1.29, 1.82) is 0 Å². The Balaban J connectivity index is 2.14. The third-order valence-electron chi connectivity index (χ3n) is 2.83. The van der Waals surface area contributed by atoms with Crippen LogP contribution in [0.1, 0.15) is 23.6 Å². The van der Waals surface area contributed by atoms with Crippen LogP contribution in [-0.2, 0) is 9.53 Å². The van der Waals surface area contributed by atoms with Crippen molar-refractivity contribution >= 4 is 12.0 Å². The number of esters is 1. The maximum absolute atomic E-state index is 11.0. The second-order valence-electron chi connectivity index (χ2n) is 4.04. The number of methoxy groups -OCH3 is 1. The van der Waals surface area contributed by atoms with Gasteiger partial charge in [0.1, 0.15) is 5.76 Å². The zero-order chi connectivity index (χ0) is 13.0. The van der Waals surface area contributed by atoms with E-state index in [-0.39, 0.29) is 11.8 Å². The minimum Gasteiger partial charge on any atom is -0.512 e. The van der Waals surface area contributed by atoms with Crippen LogP contribution in [0.4, 0.5) is 0 Å². The van der Waals surface area contributed by atoms with Crippen LogP contribution >= 0.6 is 0 Å². The Morgan fingerprint density at radius 3 is 3.06 bits per heavy atom. The molecule has 1 unspecified atom stereocenters. The van der Waals surface area contributed by atoms with Crippen LogP contribution in [-0.4, -0.2) is 18.2 Å². The van der Waals surface area contributed by atoms with Gasteiger partial charge in [0, 0.05) is 6.42 Å². The van der Waals surface area contributed by atoms with Crippen molar-refractivity contribution in [3.05, 3.63) is 53.4 Å². The number of rotatable bonds is 3. The summed E-state index contributed by atoms with van der Waals surface area (Å²) in [5.74, 6) is -0.545. The molecule has 0 fully saturated rings. The number of nitrogens with one attached hydrogen (secondary N) is 1. The monoisotopic (exact) mass is 245 g/mol. The first kappa shape index (κ1) is 12.2. The van der Waals surface area contributed by atoms with Crippen molar-refractivity contribution in [3.63, 3.8) is 0 Å². The van der Waals surface area contributed by atoms with E-state index in [2.05, 4.69) is 10.1 Å². The molecule has 1 aliphatic rings. The molecular formula is C14H15NO3. The molecule has 94 valence electrons. The Morgan fingerprint density at radius 1 is 1.50 bits per heavy atom. The molecule has 4 nitrogen and oxygen atoms in total. The fourth-order valence-electron chi connectivity index (χ4n) is 1.96. The minimum absolute atomic E-state index is 0.00412. The van der Waals surface area contributed by atoms with Crippen molar-refractivity contribution < 1.29 is 14.6 Å². The SMILES string of the molecule is COC(=O)/C=C(\O)CC1NC=Cc2ccccc21. The van der Waals surface area contributed by atoms with Gasteiger partial charge >= 0.3 is 5.97 Å². The number of benzene rings is 1. The molecule has 0 saturated heterocycles. The predicted molar refractivity (Wildman–Crippen MR) is 68.7 cm³/mol. The summed E-state index contributed by atoms with van der Waals surface area (Å²) in [4.78, 5) is 11.0. The average molecular weight is 245 g/mol. The largest absolute Gasteiger partial charge is 0.512 e. The molecule has 4 heteroatoms. The summed E-state index contributed by atoms with van der Waals surface area (Å²) in [6.45, 7) is 0. The highest BCUT2D eigenvalue weighted by Crippen LogP contribution is 2.27. The highest BCUT2D eigenvalue weighted by molar-refractivity contribution is 5.82. The highest BCUT2D eigenvalue weighted by Gasteiger charge is 2.17. The van der Waals surface area contributed by atoms with Gasteiger partial charge in [0.15, 0.2) is 0 Å². The van der Waals surface area contributed by atoms with Gasteiger partial charge in [-0.2, -0.15) is 0 Å². The molecule has 1 aromatic rings. The van der Waals surface area contributed by atoms with E-state index in [1.807, 2.05) is 36.5 Å². The standard InChI is InChI=1S/C14H15NO3/c1-18-14(17)9-11(16)8-13-12-5-3-2-4-10(12)6-7-15-13/h2-7,9,13,15-16H,8H2,1H3/b11-9-. The molecule has 2 rings (SSSR count). The smallest absolute Gasteiger partial charge is 0.333 e. The van der Waals surface area contributed by atoms with Gasteiger partial charge < -0.3 is 15.2 Å². The van der Waals surface area contributed by atoms with Gasteiger partial charge in [0.2, 0.25) is 0 Å². The van der Waals surface area contributed by atoms with E-state index >= 15 is 0 Å². The fraction of sp³-hybridized carbons (Fsp3) is 0.214. The fourth-order valence-corrected chi connectivity index (χ4v) is 1.96. The van der Waals surface area contributed by atoms with E-state index in [1.54, 1.807) is 0 Å². The maximum atomic E-state index is 11.0. The lowest BCUT2D eigenvalue weighted by atomic mass is 9.95. The second kappa shape index (κ2) is 5.40. The molecule has 1 aromatic carbocycles. The lowest BCUT2D eigenvalue weighted by molar-refractivity contribution is -0.135. The van der Waals surface area contributed by atoms with E-state index in [4.69, 9.17) is 0 Å². The normalized spacial score (nSPS) is 17.8. The van der Waals surface area contributed by atoms with Crippen LogP contribution in [0.5, 0.6) is 0 Å². The Labute approximate surface area is 106 Å². The Bertz CT molecular complexity index is 506. The zero-order valence-electron chi connectivity index (χ0n) is 10.1. The lowest BCUT2D eigenvalue weighted by Gasteiger charge is -2.23. The number of aliphatic hydroxyl groups excluding tert-OH is 1. The molecule has 0 aromatic heterocycles. The first-order chi connectivity index (χ1) is 8.70.